The van der Waals surface area contributed by atoms with E-state index in [1.54, 1.807) is 0 Å². The smallest absolute Gasteiger partial charge is 0.0599 e. The average Bonchev–Trinajstić information content (AvgIpc) is 2.87. The van der Waals surface area contributed by atoms with Gasteiger partial charge in [-0.25, -0.2) is 0 Å². The molecule has 2 heteroatoms. The van der Waals surface area contributed by atoms with Crippen LogP contribution in [0.4, 0.5) is 0 Å². The molecule has 0 amide bonds. The number of hydrogen-bond acceptors (Lipinski definition) is 1. The Morgan fingerprint density at radius 3 is 2.47 bits per heavy atom. The van der Waals surface area contributed by atoms with E-state index in [2.05, 4.69) is 56.8 Å². The molecular formula is C17H32N2. The van der Waals surface area contributed by atoms with Gasteiger partial charge >= 0.3 is 0 Å². The molecule has 0 saturated heterocycles. The fraction of sp³-hybridized carbons (Fsp3) is 0.824. The Kier molecular flexibility index (Phi) is 6.60. The lowest BCUT2D eigenvalue weighted by atomic mass is 9.90. The molecular weight excluding hydrogens is 232 g/mol. The Labute approximate surface area is 119 Å². The van der Waals surface area contributed by atoms with Crippen LogP contribution in [0.2, 0.25) is 0 Å². The largest absolute Gasteiger partial charge is 0.267 e. The van der Waals surface area contributed by atoms with Gasteiger partial charge in [0.1, 0.15) is 0 Å². The topological polar surface area (TPSA) is 17.8 Å². The fourth-order valence-electron chi connectivity index (χ4n) is 2.94. The molecule has 19 heavy (non-hydrogen) atoms. The lowest BCUT2D eigenvalue weighted by molar-refractivity contribution is 0.234. The molecule has 0 aliphatic heterocycles. The fourth-order valence-corrected chi connectivity index (χ4v) is 2.94. The van der Waals surface area contributed by atoms with Gasteiger partial charge in [-0.1, -0.05) is 53.4 Å². The van der Waals surface area contributed by atoms with Crippen molar-refractivity contribution in [2.24, 2.45) is 0 Å². The highest BCUT2D eigenvalue weighted by Gasteiger charge is 2.26. The van der Waals surface area contributed by atoms with Crippen molar-refractivity contribution < 1.29 is 0 Å². The van der Waals surface area contributed by atoms with E-state index in [0.717, 1.165) is 0 Å². The monoisotopic (exact) mass is 264 g/mol. The highest BCUT2D eigenvalue weighted by atomic mass is 15.3. The van der Waals surface area contributed by atoms with Crippen LogP contribution in [0.5, 0.6) is 0 Å². The Balaban J connectivity index is 2.85. The molecule has 0 saturated carbocycles. The molecule has 0 aliphatic rings. The second-order valence-electron chi connectivity index (χ2n) is 6.26. The molecule has 110 valence electrons. The first-order valence-corrected chi connectivity index (χ1v) is 8.12. The summed E-state index contributed by atoms with van der Waals surface area (Å²) in [5.74, 6) is 0.635. The molecule has 2 nitrogen and oxygen atoms in total. The minimum absolute atomic E-state index is 0.203. The Hall–Kier alpha value is -0.790. The molecule has 0 aliphatic carbocycles. The van der Waals surface area contributed by atoms with Crippen LogP contribution in [0.25, 0.3) is 0 Å². The van der Waals surface area contributed by atoms with E-state index in [1.807, 2.05) is 0 Å². The van der Waals surface area contributed by atoms with Crippen molar-refractivity contribution in [1.82, 2.24) is 9.78 Å². The zero-order chi connectivity index (χ0) is 14.3. The van der Waals surface area contributed by atoms with E-state index < -0.39 is 0 Å². The van der Waals surface area contributed by atoms with Crippen LogP contribution in [-0.2, 0) is 5.54 Å². The maximum absolute atomic E-state index is 4.68. The SMILES string of the molecule is CCCCC(C)(CCC)n1cc(C(C)CCC)cn1. The molecule has 2 unspecified atom stereocenters. The van der Waals surface area contributed by atoms with Crippen LogP contribution < -0.4 is 0 Å². The van der Waals surface area contributed by atoms with E-state index in [9.17, 15) is 0 Å². The Bertz CT molecular complexity index is 356. The maximum Gasteiger partial charge on any atom is 0.0599 e. The van der Waals surface area contributed by atoms with Crippen LogP contribution >= 0.6 is 0 Å². The van der Waals surface area contributed by atoms with Gasteiger partial charge < -0.3 is 0 Å². The molecule has 2 atom stereocenters. The van der Waals surface area contributed by atoms with Gasteiger partial charge in [0.25, 0.3) is 0 Å². The summed E-state index contributed by atoms with van der Waals surface area (Å²) >= 11 is 0. The third kappa shape index (κ3) is 4.36. The normalized spacial score (nSPS) is 16.3. The van der Waals surface area contributed by atoms with E-state index in [0.29, 0.717) is 5.92 Å². The van der Waals surface area contributed by atoms with Gasteiger partial charge in [0.2, 0.25) is 0 Å². The molecule has 0 fully saturated rings. The van der Waals surface area contributed by atoms with E-state index in [4.69, 9.17) is 0 Å². The number of rotatable bonds is 9. The summed E-state index contributed by atoms with van der Waals surface area (Å²) in [4.78, 5) is 0. The number of unbranched alkanes of at least 4 members (excludes halogenated alkanes) is 1. The quantitative estimate of drug-likeness (QED) is 0.576. The Morgan fingerprint density at radius 2 is 1.89 bits per heavy atom. The predicted octanol–water partition coefficient (Wildman–Crippen LogP) is 5.49. The third-order valence-electron chi connectivity index (χ3n) is 4.30. The van der Waals surface area contributed by atoms with E-state index in [-0.39, 0.29) is 5.54 Å². The first-order valence-electron chi connectivity index (χ1n) is 8.12. The van der Waals surface area contributed by atoms with Gasteiger partial charge in [-0.05, 0) is 37.7 Å². The molecule has 0 spiro atoms. The zero-order valence-corrected chi connectivity index (χ0v) is 13.6. The summed E-state index contributed by atoms with van der Waals surface area (Å²) in [5, 5.41) is 4.68. The summed E-state index contributed by atoms with van der Waals surface area (Å²) in [6.45, 7) is 11.5. The van der Waals surface area contributed by atoms with Crippen LogP contribution in [0.15, 0.2) is 12.4 Å². The second-order valence-corrected chi connectivity index (χ2v) is 6.26. The van der Waals surface area contributed by atoms with Gasteiger partial charge in [0.05, 0.1) is 11.7 Å². The molecule has 0 bridgehead atoms. The molecule has 1 aromatic heterocycles. The van der Waals surface area contributed by atoms with Crippen molar-refractivity contribution in [3.8, 4) is 0 Å². The van der Waals surface area contributed by atoms with Crippen LogP contribution in [0.1, 0.15) is 91.0 Å². The highest BCUT2D eigenvalue weighted by molar-refractivity contribution is 5.11. The first kappa shape index (κ1) is 16.3. The molecule has 0 N–H and O–H groups in total. The van der Waals surface area contributed by atoms with Crippen molar-refractivity contribution in [3.63, 3.8) is 0 Å². The van der Waals surface area contributed by atoms with Gasteiger partial charge in [0.15, 0.2) is 0 Å². The Morgan fingerprint density at radius 1 is 1.16 bits per heavy atom. The average molecular weight is 264 g/mol. The van der Waals surface area contributed by atoms with Crippen molar-refractivity contribution in [2.45, 2.75) is 91.0 Å². The van der Waals surface area contributed by atoms with Crippen molar-refractivity contribution in [3.05, 3.63) is 18.0 Å². The summed E-state index contributed by atoms with van der Waals surface area (Å²) < 4.78 is 2.24. The van der Waals surface area contributed by atoms with Crippen LogP contribution in [0.3, 0.4) is 0 Å². The zero-order valence-electron chi connectivity index (χ0n) is 13.6. The third-order valence-corrected chi connectivity index (χ3v) is 4.30. The summed E-state index contributed by atoms with van der Waals surface area (Å²) in [6, 6.07) is 0. The van der Waals surface area contributed by atoms with Crippen molar-refractivity contribution in [1.29, 1.82) is 0 Å². The summed E-state index contributed by atoms with van der Waals surface area (Å²) in [7, 11) is 0. The lowest BCUT2D eigenvalue weighted by Gasteiger charge is -2.30. The number of aromatic nitrogens is 2. The summed E-state index contributed by atoms with van der Waals surface area (Å²) in [5.41, 5.74) is 1.61. The lowest BCUT2D eigenvalue weighted by Crippen LogP contribution is -2.30. The molecule has 1 heterocycles. The van der Waals surface area contributed by atoms with E-state index in [1.165, 1.54) is 50.5 Å². The van der Waals surface area contributed by atoms with Gasteiger partial charge in [-0.2, -0.15) is 5.10 Å². The van der Waals surface area contributed by atoms with Crippen LogP contribution in [-0.4, -0.2) is 9.78 Å². The van der Waals surface area contributed by atoms with E-state index >= 15 is 0 Å². The molecule has 0 radical (unpaired) electrons. The van der Waals surface area contributed by atoms with Crippen molar-refractivity contribution in [2.75, 3.05) is 0 Å². The first-order chi connectivity index (χ1) is 9.07. The minimum atomic E-state index is 0.203. The predicted molar refractivity (Wildman–Crippen MR) is 83.6 cm³/mol. The summed E-state index contributed by atoms with van der Waals surface area (Å²) in [6.07, 6.45) is 13.1. The highest BCUT2D eigenvalue weighted by Crippen LogP contribution is 2.30. The van der Waals surface area contributed by atoms with Gasteiger partial charge in [-0.15, -0.1) is 0 Å². The molecule has 1 aromatic rings. The maximum atomic E-state index is 4.68. The number of hydrogen-bond donors (Lipinski definition) is 0. The standard InChI is InChI=1S/C17H32N2/c1-6-9-12-17(5,11-8-3)19-14-16(13-18-19)15(4)10-7-2/h13-15H,6-12H2,1-5H3. The van der Waals surface area contributed by atoms with Gasteiger partial charge in [-0.3, -0.25) is 4.68 Å². The number of nitrogens with zero attached hydrogens (tertiary/aromatic N) is 2. The second kappa shape index (κ2) is 7.72. The minimum Gasteiger partial charge on any atom is -0.267 e. The molecule has 0 aromatic carbocycles. The van der Waals surface area contributed by atoms with Gasteiger partial charge in [0, 0.05) is 6.20 Å². The van der Waals surface area contributed by atoms with Crippen molar-refractivity contribution >= 4 is 0 Å². The van der Waals surface area contributed by atoms with Crippen LogP contribution in [0, 0.1) is 0 Å². The molecule has 1 rings (SSSR count).